The zero-order valence-electron chi connectivity index (χ0n) is 11.4. The van der Waals surface area contributed by atoms with Crippen molar-refractivity contribution >= 4 is 44.4 Å². The van der Waals surface area contributed by atoms with E-state index >= 15 is 0 Å². The maximum Gasteiger partial charge on any atom is 0.257 e. The number of benzene rings is 2. The van der Waals surface area contributed by atoms with Crippen molar-refractivity contribution in [2.75, 3.05) is 11.6 Å². The third kappa shape index (κ3) is 2.95. The van der Waals surface area contributed by atoms with Gasteiger partial charge >= 0.3 is 0 Å². The lowest BCUT2D eigenvalue weighted by molar-refractivity contribution is 0.102. The van der Waals surface area contributed by atoms with Gasteiger partial charge in [0.25, 0.3) is 5.91 Å². The molecule has 7 heteroatoms. The van der Waals surface area contributed by atoms with Crippen LogP contribution in [0.3, 0.4) is 0 Å². The standard InChI is InChI=1S/C15H10F2N2OS2/c1-21-9-3-5-12-13(7-9)22-15(18-12)19-14(20)8-2-4-10(16)11(17)6-8/h2-7H,1H3,(H,18,19,20). The quantitative estimate of drug-likeness (QED) is 0.714. The largest absolute Gasteiger partial charge is 0.298 e. The van der Waals surface area contributed by atoms with E-state index in [4.69, 9.17) is 0 Å². The lowest BCUT2D eigenvalue weighted by atomic mass is 10.2. The number of aromatic nitrogens is 1. The predicted molar refractivity (Wildman–Crippen MR) is 85.7 cm³/mol. The Morgan fingerprint density at radius 3 is 2.73 bits per heavy atom. The fraction of sp³-hybridized carbons (Fsp3) is 0.0667. The number of anilines is 1. The summed E-state index contributed by atoms with van der Waals surface area (Å²) in [6, 6.07) is 8.84. The van der Waals surface area contributed by atoms with Gasteiger partial charge in [-0.3, -0.25) is 10.1 Å². The lowest BCUT2D eigenvalue weighted by Crippen LogP contribution is -2.12. The molecule has 0 spiro atoms. The van der Waals surface area contributed by atoms with Gasteiger partial charge in [0.1, 0.15) is 0 Å². The molecule has 0 unspecified atom stereocenters. The second-order valence-corrected chi connectivity index (χ2v) is 6.35. The van der Waals surface area contributed by atoms with Crippen LogP contribution in [0.2, 0.25) is 0 Å². The summed E-state index contributed by atoms with van der Waals surface area (Å²) in [6.45, 7) is 0. The van der Waals surface area contributed by atoms with Crippen molar-refractivity contribution in [2.45, 2.75) is 4.90 Å². The molecule has 22 heavy (non-hydrogen) atoms. The van der Waals surface area contributed by atoms with Gasteiger partial charge < -0.3 is 0 Å². The first-order valence-electron chi connectivity index (χ1n) is 6.28. The number of hydrogen-bond donors (Lipinski definition) is 1. The van der Waals surface area contributed by atoms with Crippen LogP contribution in [-0.2, 0) is 0 Å². The molecule has 3 nitrogen and oxygen atoms in total. The predicted octanol–water partition coefficient (Wildman–Crippen LogP) is 4.55. The minimum atomic E-state index is -1.05. The summed E-state index contributed by atoms with van der Waals surface area (Å²) in [4.78, 5) is 17.4. The van der Waals surface area contributed by atoms with Crippen molar-refractivity contribution in [1.29, 1.82) is 0 Å². The number of amides is 1. The molecule has 3 rings (SSSR count). The summed E-state index contributed by atoms with van der Waals surface area (Å²) in [5, 5.41) is 3.02. The summed E-state index contributed by atoms with van der Waals surface area (Å²) in [5.41, 5.74) is 0.825. The number of nitrogens with one attached hydrogen (secondary N) is 1. The van der Waals surface area contributed by atoms with Crippen molar-refractivity contribution in [2.24, 2.45) is 0 Å². The van der Waals surface area contributed by atoms with E-state index in [0.717, 1.165) is 27.2 Å². The molecule has 0 fully saturated rings. The highest BCUT2D eigenvalue weighted by Gasteiger charge is 2.12. The van der Waals surface area contributed by atoms with Crippen LogP contribution < -0.4 is 5.32 Å². The Labute approximate surface area is 133 Å². The van der Waals surface area contributed by atoms with Crippen LogP contribution in [0, 0.1) is 11.6 Å². The highest BCUT2D eigenvalue weighted by atomic mass is 32.2. The van der Waals surface area contributed by atoms with E-state index in [9.17, 15) is 13.6 Å². The van der Waals surface area contributed by atoms with Gasteiger partial charge in [-0.25, -0.2) is 13.8 Å². The molecule has 3 aromatic rings. The highest BCUT2D eigenvalue weighted by molar-refractivity contribution is 7.98. The van der Waals surface area contributed by atoms with Gasteiger partial charge in [-0.05, 0) is 42.7 Å². The molecule has 0 bridgehead atoms. The molecule has 1 aromatic heterocycles. The molecule has 1 heterocycles. The first-order valence-corrected chi connectivity index (χ1v) is 8.32. The topological polar surface area (TPSA) is 42.0 Å². The Bertz CT molecular complexity index is 864. The second kappa shape index (κ2) is 6.02. The van der Waals surface area contributed by atoms with Gasteiger partial charge in [-0.2, -0.15) is 0 Å². The molecule has 112 valence electrons. The molecule has 0 saturated heterocycles. The van der Waals surface area contributed by atoms with Crippen LogP contribution >= 0.6 is 23.1 Å². The number of nitrogens with zero attached hydrogens (tertiary/aromatic N) is 1. The third-order valence-electron chi connectivity index (χ3n) is 3.00. The molecular formula is C15H10F2N2OS2. The van der Waals surface area contributed by atoms with Crippen LogP contribution in [-0.4, -0.2) is 17.1 Å². The summed E-state index contributed by atoms with van der Waals surface area (Å²) in [7, 11) is 0. The van der Waals surface area contributed by atoms with Crippen LogP contribution in [0.5, 0.6) is 0 Å². The van der Waals surface area contributed by atoms with E-state index in [2.05, 4.69) is 10.3 Å². The number of hydrogen-bond acceptors (Lipinski definition) is 4. The van der Waals surface area contributed by atoms with Crippen LogP contribution in [0.25, 0.3) is 10.2 Å². The minimum absolute atomic E-state index is 0.0444. The van der Waals surface area contributed by atoms with Crippen molar-refractivity contribution in [3.8, 4) is 0 Å². The van der Waals surface area contributed by atoms with Gasteiger partial charge in [0.05, 0.1) is 10.2 Å². The SMILES string of the molecule is CSc1ccc2nc(NC(=O)c3ccc(F)c(F)c3)sc2c1. The van der Waals surface area contributed by atoms with Crippen molar-refractivity contribution < 1.29 is 13.6 Å². The smallest absolute Gasteiger partial charge is 0.257 e. The zero-order valence-corrected chi connectivity index (χ0v) is 13.0. The van der Waals surface area contributed by atoms with E-state index < -0.39 is 17.5 Å². The maximum atomic E-state index is 13.2. The van der Waals surface area contributed by atoms with E-state index in [1.54, 1.807) is 11.8 Å². The number of halogens is 2. The summed E-state index contributed by atoms with van der Waals surface area (Å²) >= 11 is 2.95. The average Bonchev–Trinajstić information content (AvgIpc) is 2.90. The Morgan fingerprint density at radius 2 is 2.00 bits per heavy atom. The molecule has 0 atom stereocenters. The molecule has 0 aliphatic rings. The summed E-state index contributed by atoms with van der Waals surface area (Å²) in [5.74, 6) is -2.56. The molecule has 1 amide bonds. The molecule has 0 saturated carbocycles. The van der Waals surface area contributed by atoms with Crippen molar-refractivity contribution in [3.63, 3.8) is 0 Å². The van der Waals surface area contributed by atoms with Gasteiger partial charge in [-0.1, -0.05) is 11.3 Å². The lowest BCUT2D eigenvalue weighted by Gasteiger charge is -2.01. The normalized spacial score (nSPS) is 10.9. The Morgan fingerprint density at radius 1 is 1.18 bits per heavy atom. The highest BCUT2D eigenvalue weighted by Crippen LogP contribution is 2.29. The molecule has 2 aromatic carbocycles. The van der Waals surface area contributed by atoms with Crippen molar-refractivity contribution in [1.82, 2.24) is 4.98 Å². The van der Waals surface area contributed by atoms with Crippen LogP contribution in [0.15, 0.2) is 41.3 Å². The Hall–Kier alpha value is -1.99. The molecule has 0 aliphatic heterocycles. The number of carbonyl (C=O) groups is 1. The van der Waals surface area contributed by atoms with Gasteiger partial charge in [0, 0.05) is 10.5 Å². The number of carbonyl (C=O) groups excluding carboxylic acids is 1. The first kappa shape index (κ1) is 14.9. The molecule has 0 aliphatic carbocycles. The van der Waals surface area contributed by atoms with E-state index in [1.807, 2.05) is 24.5 Å². The Balaban J connectivity index is 1.85. The first-order chi connectivity index (χ1) is 10.6. The Kier molecular flexibility index (Phi) is 4.08. The maximum absolute atomic E-state index is 13.2. The summed E-state index contributed by atoms with van der Waals surface area (Å²) in [6.07, 6.45) is 1.98. The molecule has 0 radical (unpaired) electrons. The molecule has 1 N–H and O–H groups in total. The number of fused-ring (bicyclic) bond motifs is 1. The number of thiazole rings is 1. The fourth-order valence-corrected chi connectivity index (χ4v) is 3.31. The molecular weight excluding hydrogens is 326 g/mol. The van der Waals surface area contributed by atoms with Crippen molar-refractivity contribution in [3.05, 3.63) is 53.6 Å². The zero-order chi connectivity index (χ0) is 15.7. The second-order valence-electron chi connectivity index (χ2n) is 4.44. The number of rotatable bonds is 3. The van der Waals surface area contributed by atoms with Gasteiger partial charge in [-0.15, -0.1) is 11.8 Å². The number of thioether (sulfide) groups is 1. The van der Waals surface area contributed by atoms with E-state index in [1.165, 1.54) is 17.4 Å². The average molecular weight is 336 g/mol. The third-order valence-corrected chi connectivity index (χ3v) is 4.66. The van der Waals surface area contributed by atoms with Crippen LogP contribution in [0.4, 0.5) is 13.9 Å². The van der Waals surface area contributed by atoms with E-state index in [-0.39, 0.29) is 5.56 Å². The van der Waals surface area contributed by atoms with E-state index in [0.29, 0.717) is 5.13 Å². The van der Waals surface area contributed by atoms with Gasteiger partial charge in [0.15, 0.2) is 16.8 Å². The monoisotopic (exact) mass is 336 g/mol. The summed E-state index contributed by atoms with van der Waals surface area (Å²) < 4.78 is 27.0. The van der Waals surface area contributed by atoms with Gasteiger partial charge in [0.2, 0.25) is 0 Å². The fourth-order valence-electron chi connectivity index (χ4n) is 1.89. The van der Waals surface area contributed by atoms with Crippen LogP contribution in [0.1, 0.15) is 10.4 Å². The minimum Gasteiger partial charge on any atom is -0.298 e.